The van der Waals surface area contributed by atoms with Gasteiger partial charge in [-0.25, -0.2) is 0 Å². The Morgan fingerprint density at radius 1 is 1.32 bits per heavy atom. The number of benzene rings is 2. The molecule has 0 atom stereocenters. The van der Waals surface area contributed by atoms with E-state index in [4.69, 9.17) is 0 Å². The lowest BCUT2D eigenvalue weighted by atomic mass is 10.2. The molecule has 8 heteroatoms. The van der Waals surface area contributed by atoms with Crippen LogP contribution in [0.1, 0.15) is 12.0 Å². The van der Waals surface area contributed by atoms with Crippen LogP contribution in [0.4, 0.5) is 11.4 Å². The van der Waals surface area contributed by atoms with Crippen molar-refractivity contribution in [3.05, 3.63) is 62.7 Å². The average Bonchev–Trinajstić information content (AvgIpc) is 2.98. The van der Waals surface area contributed by atoms with Crippen LogP contribution in [0.15, 0.2) is 47.1 Å². The number of amides is 1. The van der Waals surface area contributed by atoms with E-state index in [1.165, 1.54) is 12.1 Å². The molecule has 1 N–H and O–H groups in total. The zero-order valence-corrected chi connectivity index (χ0v) is 15.0. The maximum absolute atomic E-state index is 12.2. The molecular formula is C17H15BrN4O3. The largest absolute Gasteiger partial charge is 0.326 e. The van der Waals surface area contributed by atoms with Crippen molar-refractivity contribution >= 4 is 44.1 Å². The van der Waals surface area contributed by atoms with Gasteiger partial charge in [0.15, 0.2) is 0 Å². The van der Waals surface area contributed by atoms with E-state index in [2.05, 4.69) is 26.3 Å². The number of halogens is 1. The van der Waals surface area contributed by atoms with Crippen LogP contribution in [0.25, 0.3) is 10.9 Å². The van der Waals surface area contributed by atoms with Gasteiger partial charge in [-0.1, -0.05) is 15.9 Å². The third-order valence-corrected chi connectivity index (χ3v) is 4.35. The second-order valence-corrected chi connectivity index (χ2v) is 6.54. The zero-order chi connectivity index (χ0) is 18.0. The number of nitro groups is 1. The summed E-state index contributed by atoms with van der Waals surface area (Å²) in [5, 5.41) is 18.8. The molecule has 0 saturated carbocycles. The van der Waals surface area contributed by atoms with E-state index in [0.29, 0.717) is 12.1 Å². The van der Waals surface area contributed by atoms with Crippen LogP contribution in [0.5, 0.6) is 0 Å². The molecule has 0 spiro atoms. The van der Waals surface area contributed by atoms with Crippen molar-refractivity contribution in [2.75, 3.05) is 5.32 Å². The van der Waals surface area contributed by atoms with Crippen molar-refractivity contribution < 1.29 is 9.72 Å². The van der Waals surface area contributed by atoms with Gasteiger partial charge in [0.25, 0.3) is 5.69 Å². The zero-order valence-electron chi connectivity index (χ0n) is 13.4. The van der Waals surface area contributed by atoms with E-state index in [9.17, 15) is 14.9 Å². The first-order valence-corrected chi connectivity index (χ1v) is 8.39. The maximum Gasteiger partial charge on any atom is 0.271 e. The van der Waals surface area contributed by atoms with E-state index < -0.39 is 4.92 Å². The first-order chi connectivity index (χ1) is 11.9. The monoisotopic (exact) mass is 402 g/mol. The summed E-state index contributed by atoms with van der Waals surface area (Å²) in [5.74, 6) is -0.139. The number of carbonyl (C=O) groups excluding carboxylic acids is 1. The van der Waals surface area contributed by atoms with E-state index >= 15 is 0 Å². The molecule has 1 heterocycles. The fraction of sp³-hybridized carbons (Fsp3) is 0.176. The summed E-state index contributed by atoms with van der Waals surface area (Å²) in [5.41, 5.74) is 2.36. The standard InChI is InChI=1S/C17H15BrN4O3/c1-11-8-13(18)3-5-15(11)20-17(23)6-7-21-16-9-14(22(24)25)4-2-12(16)10-19-21/h2-5,8-10H,6-7H2,1H3,(H,20,23). The van der Waals surface area contributed by atoms with Crippen molar-refractivity contribution in [1.29, 1.82) is 0 Å². The Labute approximate surface area is 151 Å². The minimum Gasteiger partial charge on any atom is -0.326 e. The van der Waals surface area contributed by atoms with Crippen molar-refractivity contribution in [3.8, 4) is 0 Å². The number of hydrogen-bond donors (Lipinski definition) is 1. The highest BCUT2D eigenvalue weighted by Gasteiger charge is 2.11. The number of carbonyl (C=O) groups is 1. The molecule has 3 rings (SSSR count). The SMILES string of the molecule is Cc1cc(Br)ccc1NC(=O)CCn1ncc2ccc([N+](=O)[O-])cc21. The van der Waals surface area contributed by atoms with E-state index in [0.717, 1.165) is 21.1 Å². The minimum atomic E-state index is -0.445. The quantitative estimate of drug-likeness (QED) is 0.514. The normalized spacial score (nSPS) is 10.8. The van der Waals surface area contributed by atoms with Crippen LogP contribution in [0.2, 0.25) is 0 Å². The summed E-state index contributed by atoms with van der Waals surface area (Å²) in [6.07, 6.45) is 1.85. The van der Waals surface area contributed by atoms with Crippen LogP contribution < -0.4 is 5.32 Å². The second kappa shape index (κ2) is 7.02. The number of nitrogens with zero attached hydrogens (tertiary/aromatic N) is 3. The highest BCUT2D eigenvalue weighted by atomic mass is 79.9. The van der Waals surface area contributed by atoms with Gasteiger partial charge < -0.3 is 5.32 Å². The van der Waals surface area contributed by atoms with Crippen molar-refractivity contribution in [1.82, 2.24) is 9.78 Å². The Kier molecular flexibility index (Phi) is 4.80. The predicted molar refractivity (Wildman–Crippen MR) is 98.5 cm³/mol. The van der Waals surface area contributed by atoms with Gasteiger partial charge in [-0.15, -0.1) is 0 Å². The van der Waals surface area contributed by atoms with Crippen LogP contribution in [-0.2, 0) is 11.3 Å². The lowest BCUT2D eigenvalue weighted by Gasteiger charge is -2.09. The topological polar surface area (TPSA) is 90.1 Å². The predicted octanol–water partition coefficient (Wildman–Crippen LogP) is 4.04. The van der Waals surface area contributed by atoms with Crippen LogP contribution >= 0.6 is 15.9 Å². The van der Waals surface area contributed by atoms with Crippen LogP contribution in [0.3, 0.4) is 0 Å². The molecule has 0 bridgehead atoms. The molecule has 0 unspecified atom stereocenters. The van der Waals surface area contributed by atoms with Gasteiger partial charge in [-0.3, -0.25) is 19.6 Å². The minimum absolute atomic E-state index is 0.00388. The molecule has 0 aliphatic heterocycles. The molecule has 2 aromatic carbocycles. The second-order valence-electron chi connectivity index (χ2n) is 5.63. The van der Waals surface area contributed by atoms with Crippen LogP contribution in [-0.4, -0.2) is 20.6 Å². The summed E-state index contributed by atoms with van der Waals surface area (Å²) in [7, 11) is 0. The van der Waals surface area contributed by atoms with Gasteiger partial charge in [0.1, 0.15) is 0 Å². The Morgan fingerprint density at radius 2 is 2.12 bits per heavy atom. The van der Waals surface area contributed by atoms with Crippen molar-refractivity contribution in [2.45, 2.75) is 19.9 Å². The Morgan fingerprint density at radius 3 is 2.84 bits per heavy atom. The Bertz CT molecular complexity index is 968. The number of hydrogen-bond acceptors (Lipinski definition) is 4. The fourth-order valence-corrected chi connectivity index (χ4v) is 3.01. The van der Waals surface area contributed by atoms with Gasteiger partial charge in [0, 0.05) is 34.1 Å². The smallest absolute Gasteiger partial charge is 0.271 e. The highest BCUT2D eigenvalue weighted by Crippen LogP contribution is 2.22. The number of non-ortho nitro benzene ring substituents is 1. The molecule has 0 aliphatic rings. The summed E-state index contributed by atoms with van der Waals surface area (Å²) < 4.78 is 2.56. The average molecular weight is 403 g/mol. The van der Waals surface area contributed by atoms with Gasteiger partial charge in [0.05, 0.1) is 23.2 Å². The molecule has 3 aromatic rings. The summed E-state index contributed by atoms with van der Waals surface area (Å²) in [6, 6.07) is 10.2. The molecule has 0 radical (unpaired) electrons. The molecule has 0 aliphatic carbocycles. The van der Waals surface area contributed by atoms with Gasteiger partial charge in [-0.2, -0.15) is 5.10 Å². The number of nitrogens with one attached hydrogen (secondary N) is 1. The number of rotatable bonds is 5. The fourth-order valence-electron chi connectivity index (χ4n) is 2.54. The Hall–Kier alpha value is -2.74. The molecule has 25 heavy (non-hydrogen) atoms. The van der Waals surface area contributed by atoms with Crippen molar-refractivity contribution in [2.24, 2.45) is 0 Å². The van der Waals surface area contributed by atoms with E-state index in [-0.39, 0.29) is 18.0 Å². The molecule has 0 saturated heterocycles. The first kappa shape index (κ1) is 17.1. The first-order valence-electron chi connectivity index (χ1n) is 7.60. The molecular weight excluding hydrogens is 388 g/mol. The van der Waals surface area contributed by atoms with E-state index in [1.807, 2.05) is 25.1 Å². The number of aryl methyl sites for hydroxylation is 2. The van der Waals surface area contributed by atoms with Crippen molar-refractivity contribution in [3.63, 3.8) is 0 Å². The number of aromatic nitrogens is 2. The van der Waals surface area contributed by atoms with Gasteiger partial charge in [-0.05, 0) is 36.8 Å². The Balaban J connectivity index is 1.70. The molecule has 7 nitrogen and oxygen atoms in total. The van der Waals surface area contributed by atoms with Gasteiger partial charge >= 0.3 is 0 Å². The molecule has 128 valence electrons. The van der Waals surface area contributed by atoms with Gasteiger partial charge in [0.2, 0.25) is 5.91 Å². The summed E-state index contributed by atoms with van der Waals surface area (Å²) in [4.78, 5) is 22.7. The third kappa shape index (κ3) is 3.85. The maximum atomic E-state index is 12.2. The van der Waals surface area contributed by atoms with Crippen LogP contribution in [0, 0.1) is 17.0 Å². The number of fused-ring (bicyclic) bond motifs is 1. The molecule has 1 amide bonds. The summed E-state index contributed by atoms with van der Waals surface area (Å²) in [6.45, 7) is 2.26. The summed E-state index contributed by atoms with van der Waals surface area (Å²) >= 11 is 3.39. The lowest BCUT2D eigenvalue weighted by molar-refractivity contribution is -0.384. The lowest BCUT2D eigenvalue weighted by Crippen LogP contribution is -2.15. The number of anilines is 1. The highest BCUT2D eigenvalue weighted by molar-refractivity contribution is 9.10. The van der Waals surface area contributed by atoms with E-state index in [1.54, 1.807) is 16.9 Å². The molecule has 0 fully saturated rings. The molecule has 1 aromatic heterocycles. The number of nitro benzene ring substituents is 1. The third-order valence-electron chi connectivity index (χ3n) is 3.85.